The molecular formula is C90H100ClN11O28. The van der Waals surface area contributed by atoms with Crippen molar-refractivity contribution in [2.75, 3.05) is 23.9 Å². The summed E-state index contributed by atoms with van der Waals surface area (Å²) in [6.45, 7) is 8.45. The Kier molecular flexibility index (Phi) is 27.3. The van der Waals surface area contributed by atoms with Gasteiger partial charge in [-0.3, -0.25) is 43.2 Å². The normalized spacial score (nSPS) is 29.0. The molecule has 3 fully saturated rings. The van der Waals surface area contributed by atoms with Crippen LogP contribution >= 0.6 is 11.6 Å². The van der Waals surface area contributed by atoms with Gasteiger partial charge in [0.15, 0.2) is 36.2 Å². The van der Waals surface area contributed by atoms with Crippen molar-refractivity contribution in [3.05, 3.63) is 198 Å². The van der Waals surface area contributed by atoms with E-state index in [1.807, 2.05) is 54.6 Å². The van der Waals surface area contributed by atoms with Gasteiger partial charge in [-0.25, -0.2) is 4.79 Å². The minimum Gasteiger partial charge on any atom is -0.508 e. The number of aliphatic hydroxyl groups excluding tert-OH is 6. The van der Waals surface area contributed by atoms with Crippen molar-refractivity contribution in [1.82, 2.24) is 31.9 Å². The maximum Gasteiger partial charge on any atom is 0.330 e. The van der Waals surface area contributed by atoms with Crippen LogP contribution in [0.3, 0.4) is 0 Å². The molecule has 7 amide bonds. The van der Waals surface area contributed by atoms with E-state index in [1.165, 1.54) is 70.0 Å². The number of aliphatic carboxylic acids is 1. The second kappa shape index (κ2) is 37.9. The van der Waals surface area contributed by atoms with Gasteiger partial charge < -0.3 is 148 Å². The highest BCUT2D eigenvalue weighted by Crippen LogP contribution is 2.50. The van der Waals surface area contributed by atoms with Crippen molar-refractivity contribution in [2.45, 2.75) is 207 Å². The number of nitrogens with one attached hydrogen (secondary N) is 7. The summed E-state index contributed by atoms with van der Waals surface area (Å²) in [7, 11) is 1.36. The molecule has 0 aromatic heterocycles. The summed E-state index contributed by atoms with van der Waals surface area (Å²) in [6, 6.07) is 17.1. The zero-order valence-corrected chi connectivity index (χ0v) is 71.8. The molecule has 0 aliphatic carbocycles. The van der Waals surface area contributed by atoms with Crippen molar-refractivity contribution >= 4 is 70.3 Å². The fourth-order valence-electron chi connectivity index (χ4n) is 16.9. The largest absolute Gasteiger partial charge is 0.508 e. The summed E-state index contributed by atoms with van der Waals surface area (Å²) < 4.78 is 52.1. The summed E-state index contributed by atoms with van der Waals surface area (Å²) in [5.74, 6) is -16.7. The lowest BCUT2D eigenvalue weighted by Crippen LogP contribution is -2.64. The highest BCUT2D eigenvalue weighted by Gasteiger charge is 2.53. The zero-order valence-electron chi connectivity index (χ0n) is 71.0. The number of aliphatic hydroxyl groups is 6. The number of hydrogen-bond donors (Lipinski definition) is 20. The molecule has 8 aliphatic heterocycles. The molecule has 8 aromatic carbocycles. The molecule has 3 saturated heterocycles. The van der Waals surface area contributed by atoms with E-state index in [0.29, 0.717) is 5.56 Å². The van der Waals surface area contributed by atoms with Gasteiger partial charge in [-0.05, 0) is 134 Å². The first-order chi connectivity index (χ1) is 61.6. The second-order valence-electron chi connectivity index (χ2n) is 34.2. The number of ether oxygens (including phenoxy) is 8. The highest BCUT2D eigenvalue weighted by molar-refractivity contribution is 6.32. The van der Waals surface area contributed by atoms with Gasteiger partial charge in [-0.2, -0.15) is 0 Å². The standard InChI is InChI=1S/C90H100ClN11O28/c1-37(2)25-53(102(7)70-67(73(110)74(70)111)95-35-40-13-15-42(16-14-40)41-11-9-8-10-12-41)82(116)100-68-71(108)45-20-24-56(51(91)27-45)126-58-29-46-28-57(77(58)130-88-78(75(112)72(109)59(36-103)127-88)129-62-34-90(6,94)80(114)39(4)124-62)125-48-21-17-43(18-22-48)76(128-61-33-89(5,93)79(113)38(3)123-61)69-86(120)99-66(87(121)122)50-30-47(104)31-55(106)63(50)49-26-44(19-23-54(49)105)64(83(117)101-69)98-84(118)65(46)97-81(115)52(32-60(92)107)96-85(68)119/h8-24,26-31,37-39,52-53,59,61-62,64-66,68-69,71-72,75-76,78-80,88,95,103-106,108-109,112-114H,25,32-36,93-94H2,1-7H3,(H2,92,107)(H,96,119)(H,97,115)(H,98,118)(H,99,120)(H,100,116)(H,101,117)(H,121,122)/t38-,39-,52-,53+,59+,61-,62-,64+,65+,66-,68+,69-,71+,72+,75-,76+,78+,79-,80-,88-,89-,90-/m0/s1. The summed E-state index contributed by atoms with van der Waals surface area (Å²) in [6.07, 6.45) is -23.5. The van der Waals surface area contributed by atoms with E-state index in [-0.39, 0.29) is 65.5 Å². The van der Waals surface area contributed by atoms with Gasteiger partial charge in [0.25, 0.3) is 10.9 Å². The molecule has 8 aliphatic rings. The molecule has 130 heavy (non-hydrogen) atoms. The smallest absolute Gasteiger partial charge is 0.330 e. The predicted molar refractivity (Wildman–Crippen MR) is 461 cm³/mol. The number of fused-ring (bicyclic) bond motifs is 15. The summed E-state index contributed by atoms with van der Waals surface area (Å²) in [5.41, 5.74) is 13.8. The third-order valence-corrected chi connectivity index (χ3v) is 24.2. The summed E-state index contributed by atoms with van der Waals surface area (Å²) in [5, 5.41) is 133. The number of likely N-dealkylation sites (N-methyl/N-ethyl adjacent to an activating group) is 1. The fraction of sp³-hybridized carbons (Fsp3) is 0.400. The van der Waals surface area contributed by atoms with Gasteiger partial charge in [0, 0.05) is 60.3 Å². The van der Waals surface area contributed by atoms with Crippen LogP contribution in [-0.4, -0.2) is 215 Å². The third kappa shape index (κ3) is 19.5. The summed E-state index contributed by atoms with van der Waals surface area (Å²) >= 11 is 7.28. The minimum atomic E-state index is -2.43. The molecule has 8 heterocycles. The molecule has 0 spiro atoms. The number of carbonyl (C=O) groups excluding carboxylic acids is 7. The molecule has 23 N–H and O–H groups in total. The second-order valence-corrected chi connectivity index (χ2v) is 34.6. The van der Waals surface area contributed by atoms with E-state index >= 15 is 28.8 Å². The lowest BCUT2D eigenvalue weighted by atomic mass is 9.86. The van der Waals surface area contributed by atoms with E-state index in [2.05, 4.69) is 37.2 Å². The molecule has 0 saturated carbocycles. The number of nitrogens with two attached hydrogens (primary N) is 3. The van der Waals surface area contributed by atoms with Crippen molar-refractivity contribution < 1.29 is 127 Å². The van der Waals surface area contributed by atoms with Crippen LogP contribution in [0.25, 0.3) is 22.3 Å². The van der Waals surface area contributed by atoms with E-state index in [1.54, 1.807) is 13.8 Å². The van der Waals surface area contributed by atoms with Crippen LogP contribution in [0.5, 0.6) is 46.0 Å². The van der Waals surface area contributed by atoms with Gasteiger partial charge in [-0.15, -0.1) is 0 Å². The van der Waals surface area contributed by atoms with Crippen LogP contribution < -0.4 is 84.4 Å². The average Bonchev–Trinajstić information content (AvgIpc) is 0.766. The molecule has 8 aromatic rings. The van der Waals surface area contributed by atoms with Crippen LogP contribution in [-0.2, 0) is 68.6 Å². The predicted octanol–water partition coefficient (Wildman–Crippen LogP) is 2.48. The van der Waals surface area contributed by atoms with Crippen molar-refractivity contribution in [3.8, 4) is 68.2 Å². The Labute approximate surface area is 746 Å². The Morgan fingerprint density at radius 2 is 1.25 bits per heavy atom. The topological polar surface area (TPSA) is 612 Å². The van der Waals surface area contributed by atoms with Crippen molar-refractivity contribution in [2.24, 2.45) is 23.1 Å². The van der Waals surface area contributed by atoms with E-state index in [4.69, 9.17) is 66.7 Å². The van der Waals surface area contributed by atoms with Crippen LogP contribution in [0.1, 0.15) is 131 Å². The molecule has 0 unspecified atom stereocenters. The number of carboxylic acids is 1. The number of phenolic OH excluding ortho intramolecular Hbond substituents is 3. The Bertz CT molecular complexity index is 5720. The number of aromatic hydroxyl groups is 3. The molecular weight excluding hydrogens is 1720 g/mol. The van der Waals surface area contributed by atoms with Crippen LogP contribution in [0, 0.1) is 5.92 Å². The first-order valence-electron chi connectivity index (χ1n) is 41.7. The Morgan fingerprint density at radius 1 is 0.638 bits per heavy atom. The number of amides is 7. The summed E-state index contributed by atoms with van der Waals surface area (Å²) in [4.78, 5) is 152. The number of carboxylic acid groups (broad SMARTS) is 1. The van der Waals surface area contributed by atoms with Crippen LogP contribution in [0.15, 0.2) is 149 Å². The highest BCUT2D eigenvalue weighted by atomic mass is 35.5. The van der Waals surface area contributed by atoms with E-state index < -0.39 is 272 Å². The molecule has 11 bridgehead atoms. The number of rotatable bonds is 20. The maximum atomic E-state index is 16.6. The lowest BCUT2D eigenvalue weighted by Gasteiger charge is -2.47. The van der Waals surface area contributed by atoms with Crippen LogP contribution in [0.2, 0.25) is 5.02 Å². The molecule has 690 valence electrons. The number of nitrogens with zero attached hydrogens (tertiary/aromatic N) is 1. The molecule has 22 atom stereocenters. The zero-order chi connectivity index (χ0) is 93.7. The van der Waals surface area contributed by atoms with Gasteiger partial charge in [0.05, 0.1) is 42.5 Å². The van der Waals surface area contributed by atoms with Gasteiger partial charge in [-0.1, -0.05) is 104 Å². The van der Waals surface area contributed by atoms with Gasteiger partial charge in [0.1, 0.15) is 107 Å². The lowest BCUT2D eigenvalue weighted by molar-refractivity contribution is -0.333. The molecule has 40 heteroatoms. The quantitative estimate of drug-likeness (QED) is 0.0487. The van der Waals surface area contributed by atoms with Crippen molar-refractivity contribution in [1.29, 1.82) is 0 Å². The molecule has 0 radical (unpaired) electrons. The number of hydrogen-bond acceptors (Lipinski definition) is 31. The van der Waals surface area contributed by atoms with Gasteiger partial charge in [0.2, 0.25) is 53.4 Å². The first kappa shape index (κ1) is 93.7. The Morgan fingerprint density at radius 3 is 1.87 bits per heavy atom. The monoisotopic (exact) mass is 1820 g/mol. The molecule has 16 rings (SSSR count). The van der Waals surface area contributed by atoms with Crippen molar-refractivity contribution in [3.63, 3.8) is 0 Å². The maximum absolute atomic E-state index is 16.6. The minimum absolute atomic E-state index is 0.0412. The first-order valence-corrected chi connectivity index (χ1v) is 42.1. The SMILES string of the molecule is CC(C)C[C@H](C(=O)N[C@H]1C(=O)N[C@@H](CC(N)=O)C(=O)N[C@H]2C(=O)N[C@H]3C(=O)N[C@H](C(=O)N[C@H](C(=O)O)c4cc(O)cc(O)c4-c4cc3ccc4O)[C@H](O[C@H]3C[C@](C)(N)[C@@H](O)[C@H](C)O3)c3ccc(cc3)Oc3cc2cc(c3O[C@@H]2O[C@H](CO)[C@@H](O)[C@H](O)[C@H]2O[C@H]2C[C@](C)(N)[C@@H](O)[C@H](C)O2)Oc2ccc(cc2Cl)[C@H]1O)N(C)c1c(NCc2ccc(-c3ccccc3)cc2)c(=O)c1=O. The average molecular weight is 1820 g/mol. The molecule has 39 nitrogen and oxygen atoms in total. The fourth-order valence-corrected chi connectivity index (χ4v) is 17.2. The Balaban J connectivity index is 0.939. The van der Waals surface area contributed by atoms with E-state index in [0.717, 1.165) is 65.7 Å². The number of primary amides is 1. The van der Waals surface area contributed by atoms with E-state index in [9.17, 15) is 70.2 Å². The number of phenols is 3. The van der Waals surface area contributed by atoms with Gasteiger partial charge >= 0.3 is 5.97 Å². The number of carbonyl (C=O) groups is 8. The third-order valence-electron chi connectivity index (χ3n) is 23.9. The van der Waals surface area contributed by atoms with Crippen LogP contribution in [0.4, 0.5) is 11.4 Å². The number of benzene rings is 7. The number of halogens is 1. The number of anilines is 2. The Hall–Kier alpha value is -12.5.